The topological polar surface area (TPSA) is 92.8 Å². The van der Waals surface area contributed by atoms with Crippen molar-refractivity contribution in [2.24, 2.45) is 0 Å². The molecule has 7 heteroatoms. The summed E-state index contributed by atoms with van der Waals surface area (Å²) in [7, 11) is -0.359. The zero-order valence-corrected chi connectivity index (χ0v) is 8.38. The zero-order valence-electron chi connectivity index (χ0n) is 8.38. The zero-order chi connectivity index (χ0) is 11.7. The van der Waals surface area contributed by atoms with Crippen molar-refractivity contribution in [3.8, 4) is 0 Å². The predicted molar refractivity (Wildman–Crippen MR) is 55.2 cm³/mol. The molecule has 82 valence electrons. The average molecular weight is 221 g/mol. The average Bonchev–Trinajstić information content (AvgIpc) is 2.70. The number of oxazole rings is 1. The lowest BCUT2D eigenvalue weighted by atomic mass is 9.80. The first-order valence-corrected chi connectivity index (χ1v) is 4.47. The van der Waals surface area contributed by atoms with Crippen molar-refractivity contribution in [2.75, 3.05) is 7.11 Å². The van der Waals surface area contributed by atoms with Crippen LogP contribution < -0.4 is 5.46 Å². The molecular formula is C9H8BNO5. The maximum atomic E-state index is 11.1. The summed E-state index contributed by atoms with van der Waals surface area (Å²) in [4.78, 5) is 15.0. The summed E-state index contributed by atoms with van der Waals surface area (Å²) in [6.45, 7) is 0. The smallest absolute Gasteiger partial charge is 0.462 e. The molecule has 6 nitrogen and oxygen atoms in total. The molecule has 0 saturated heterocycles. The molecule has 0 radical (unpaired) electrons. The number of carbonyl (C=O) groups excluding carboxylic acids is 1. The van der Waals surface area contributed by atoms with E-state index in [4.69, 9.17) is 14.5 Å². The molecule has 1 heterocycles. The van der Waals surface area contributed by atoms with Crippen LogP contribution in [0.3, 0.4) is 0 Å². The van der Waals surface area contributed by atoms with Crippen molar-refractivity contribution in [3.63, 3.8) is 0 Å². The van der Waals surface area contributed by atoms with Gasteiger partial charge in [-0.25, -0.2) is 9.78 Å². The SMILES string of the molecule is COC(=O)c1nc2cc(B(O)O)ccc2o1. The first-order valence-electron chi connectivity index (χ1n) is 4.47. The minimum Gasteiger partial charge on any atom is -0.462 e. The molecule has 0 bridgehead atoms. The molecule has 0 spiro atoms. The molecule has 0 aliphatic carbocycles. The number of ether oxygens (including phenoxy) is 1. The normalized spacial score (nSPS) is 10.4. The summed E-state index contributed by atoms with van der Waals surface area (Å²) in [5.74, 6) is -0.843. The van der Waals surface area contributed by atoms with Gasteiger partial charge in [0.1, 0.15) is 5.52 Å². The van der Waals surface area contributed by atoms with Gasteiger partial charge in [0.25, 0.3) is 0 Å². The Hall–Kier alpha value is -1.86. The second-order valence-electron chi connectivity index (χ2n) is 3.11. The molecule has 1 aromatic heterocycles. The van der Waals surface area contributed by atoms with Gasteiger partial charge < -0.3 is 19.2 Å². The van der Waals surface area contributed by atoms with Gasteiger partial charge in [0, 0.05) is 0 Å². The molecule has 2 rings (SSSR count). The molecule has 2 aromatic rings. The first-order chi connectivity index (χ1) is 7.61. The maximum absolute atomic E-state index is 11.1. The fraction of sp³-hybridized carbons (Fsp3) is 0.111. The fourth-order valence-corrected chi connectivity index (χ4v) is 1.28. The van der Waals surface area contributed by atoms with E-state index >= 15 is 0 Å². The third kappa shape index (κ3) is 1.78. The number of esters is 1. The molecule has 16 heavy (non-hydrogen) atoms. The fourth-order valence-electron chi connectivity index (χ4n) is 1.28. The van der Waals surface area contributed by atoms with Gasteiger partial charge in [-0.3, -0.25) is 0 Å². The largest absolute Gasteiger partial charge is 0.488 e. The number of aromatic nitrogens is 1. The van der Waals surface area contributed by atoms with Crippen LogP contribution >= 0.6 is 0 Å². The van der Waals surface area contributed by atoms with Gasteiger partial charge in [0.15, 0.2) is 5.58 Å². The number of benzene rings is 1. The van der Waals surface area contributed by atoms with Gasteiger partial charge in [0.05, 0.1) is 7.11 Å². The first kappa shape index (κ1) is 10.7. The lowest BCUT2D eigenvalue weighted by Crippen LogP contribution is -2.29. The Bertz CT molecular complexity index is 536. The number of hydrogen-bond donors (Lipinski definition) is 2. The van der Waals surface area contributed by atoms with Crippen LogP contribution in [0.2, 0.25) is 0 Å². The van der Waals surface area contributed by atoms with Crippen molar-refractivity contribution in [3.05, 3.63) is 24.1 Å². The van der Waals surface area contributed by atoms with Crippen LogP contribution in [0.15, 0.2) is 22.6 Å². The summed E-state index contributed by atoms with van der Waals surface area (Å²) >= 11 is 0. The lowest BCUT2D eigenvalue weighted by molar-refractivity contribution is 0.0558. The molecule has 2 N–H and O–H groups in total. The van der Waals surface area contributed by atoms with Crippen molar-refractivity contribution < 1.29 is 24.0 Å². The lowest BCUT2D eigenvalue weighted by Gasteiger charge is -1.96. The van der Waals surface area contributed by atoms with Crippen molar-refractivity contribution in [2.45, 2.75) is 0 Å². The van der Waals surface area contributed by atoms with Gasteiger partial charge in [-0.15, -0.1) is 0 Å². The van der Waals surface area contributed by atoms with Crippen LogP contribution in [0.4, 0.5) is 0 Å². The summed E-state index contributed by atoms with van der Waals surface area (Å²) in [6, 6.07) is 4.40. The Morgan fingerprint density at radius 3 is 2.88 bits per heavy atom. The quantitative estimate of drug-likeness (QED) is 0.514. The van der Waals surface area contributed by atoms with Crippen LogP contribution in [0.1, 0.15) is 10.7 Å². The van der Waals surface area contributed by atoms with Crippen molar-refractivity contribution in [1.29, 1.82) is 0 Å². The highest BCUT2D eigenvalue weighted by Crippen LogP contribution is 2.14. The highest BCUT2D eigenvalue weighted by atomic mass is 16.5. The molecule has 0 amide bonds. The Labute approximate surface area is 90.6 Å². The predicted octanol–water partition coefficient (Wildman–Crippen LogP) is -0.706. The number of hydrogen-bond acceptors (Lipinski definition) is 6. The molecule has 1 aromatic carbocycles. The molecular weight excluding hydrogens is 213 g/mol. The number of nitrogens with zero attached hydrogens (tertiary/aromatic N) is 1. The Morgan fingerprint density at radius 1 is 1.50 bits per heavy atom. The monoisotopic (exact) mass is 221 g/mol. The Kier molecular flexibility index (Phi) is 2.63. The molecule has 0 unspecified atom stereocenters. The highest BCUT2D eigenvalue weighted by Gasteiger charge is 2.17. The number of rotatable bonds is 2. The molecule has 0 aliphatic rings. The standard InChI is InChI=1S/C9H8BNO5/c1-15-9(12)8-11-6-4-5(10(13)14)2-3-7(6)16-8/h2-4,13-14H,1H3. The minimum absolute atomic E-state index is 0.165. The van der Waals surface area contributed by atoms with E-state index in [0.29, 0.717) is 11.1 Å². The number of fused-ring (bicyclic) bond motifs is 1. The summed E-state index contributed by atoms with van der Waals surface area (Å²) < 4.78 is 9.56. The Balaban J connectivity index is 2.50. The van der Waals surface area contributed by atoms with E-state index in [0.717, 1.165) is 0 Å². The summed E-state index contributed by atoms with van der Waals surface area (Å²) in [5, 5.41) is 17.9. The van der Waals surface area contributed by atoms with Gasteiger partial charge in [0.2, 0.25) is 0 Å². The minimum atomic E-state index is -1.58. The summed E-state index contributed by atoms with van der Waals surface area (Å²) in [6.07, 6.45) is 0. The van der Waals surface area contributed by atoms with Crippen LogP contribution in [0.25, 0.3) is 11.1 Å². The Morgan fingerprint density at radius 2 is 2.25 bits per heavy atom. The molecule has 0 aliphatic heterocycles. The van der Waals surface area contributed by atoms with E-state index < -0.39 is 13.1 Å². The van der Waals surface area contributed by atoms with Gasteiger partial charge in [-0.2, -0.15) is 0 Å². The molecule has 0 saturated carbocycles. The van der Waals surface area contributed by atoms with Gasteiger partial charge in [-0.05, 0) is 17.6 Å². The third-order valence-corrected chi connectivity index (χ3v) is 2.07. The van der Waals surface area contributed by atoms with E-state index in [9.17, 15) is 4.79 Å². The van der Waals surface area contributed by atoms with Crippen molar-refractivity contribution >= 4 is 29.7 Å². The molecule has 0 fully saturated rings. The second-order valence-corrected chi connectivity index (χ2v) is 3.11. The van der Waals surface area contributed by atoms with E-state index in [1.54, 1.807) is 0 Å². The van der Waals surface area contributed by atoms with Crippen LogP contribution in [0.5, 0.6) is 0 Å². The summed E-state index contributed by atoms with van der Waals surface area (Å²) in [5.41, 5.74) is 1.02. The van der Waals surface area contributed by atoms with E-state index in [1.165, 1.54) is 25.3 Å². The van der Waals surface area contributed by atoms with Crippen LogP contribution in [0, 0.1) is 0 Å². The van der Waals surface area contributed by atoms with Crippen LogP contribution in [-0.4, -0.2) is 35.2 Å². The van der Waals surface area contributed by atoms with Gasteiger partial charge in [-0.1, -0.05) is 6.07 Å². The number of carbonyl (C=O) groups is 1. The van der Waals surface area contributed by atoms with E-state index in [1.807, 2.05) is 0 Å². The van der Waals surface area contributed by atoms with Gasteiger partial charge >= 0.3 is 19.0 Å². The van der Waals surface area contributed by atoms with E-state index in [-0.39, 0.29) is 11.4 Å². The second kappa shape index (κ2) is 3.95. The van der Waals surface area contributed by atoms with Crippen molar-refractivity contribution in [1.82, 2.24) is 4.98 Å². The maximum Gasteiger partial charge on any atom is 0.488 e. The van der Waals surface area contributed by atoms with E-state index in [2.05, 4.69) is 9.72 Å². The highest BCUT2D eigenvalue weighted by molar-refractivity contribution is 6.58. The van der Waals surface area contributed by atoms with Crippen LogP contribution in [-0.2, 0) is 4.74 Å². The molecule has 0 atom stereocenters. The number of methoxy groups -OCH3 is 1. The third-order valence-electron chi connectivity index (χ3n) is 2.07.